The van der Waals surface area contributed by atoms with Gasteiger partial charge < -0.3 is 20.0 Å². The lowest BCUT2D eigenvalue weighted by molar-refractivity contribution is -0.146. The largest absolute Gasteiger partial charge is 0.344 e. The molecule has 4 amide bonds. The summed E-state index contributed by atoms with van der Waals surface area (Å²) < 4.78 is 0. The summed E-state index contributed by atoms with van der Waals surface area (Å²) in [7, 11) is 0. The summed E-state index contributed by atoms with van der Waals surface area (Å²) in [6.07, 6.45) is 3.05. The third-order valence-corrected chi connectivity index (χ3v) is 10.2. The van der Waals surface area contributed by atoms with Gasteiger partial charge in [0.1, 0.15) is 6.04 Å². The van der Waals surface area contributed by atoms with Crippen molar-refractivity contribution in [3.8, 4) is 0 Å². The van der Waals surface area contributed by atoms with E-state index in [2.05, 4.69) is 35.2 Å². The number of nitrogens with zero attached hydrogens (tertiary/aromatic N) is 5. The standard InChI is InChI=1S/C37H51ClN6O4/c1-26(2)25-44(32-14-16-40(17-15-32)27(3)45)42-21-19-41(20-22-42)37(48)34(23-29-9-11-31(38)12-10-29)39-36(47)24-35-33-8-6-5-7-30(33)13-18-43(35)28(4)46/h5-12,26,32,34-35H,13-25H2,1-4H3,(H,39,47). The van der Waals surface area contributed by atoms with Gasteiger partial charge in [0.2, 0.25) is 23.6 Å². The van der Waals surface area contributed by atoms with Crippen LogP contribution in [-0.4, -0.2) is 113 Å². The number of amides is 4. The van der Waals surface area contributed by atoms with Crippen LogP contribution in [0.25, 0.3) is 0 Å². The predicted molar refractivity (Wildman–Crippen MR) is 187 cm³/mol. The summed E-state index contributed by atoms with van der Waals surface area (Å²) in [5.41, 5.74) is 3.05. The van der Waals surface area contributed by atoms with Crippen LogP contribution in [0, 0.1) is 5.92 Å². The van der Waals surface area contributed by atoms with Crippen LogP contribution in [0.3, 0.4) is 0 Å². The summed E-state index contributed by atoms with van der Waals surface area (Å²) in [5, 5.41) is 8.57. The van der Waals surface area contributed by atoms with Crippen molar-refractivity contribution < 1.29 is 19.2 Å². The number of hydrazine groups is 1. The van der Waals surface area contributed by atoms with Crippen LogP contribution in [0.15, 0.2) is 48.5 Å². The molecule has 5 rings (SSSR count). The van der Waals surface area contributed by atoms with Gasteiger partial charge in [0, 0.05) is 83.7 Å². The minimum Gasteiger partial charge on any atom is -0.344 e. The first-order chi connectivity index (χ1) is 23.0. The van der Waals surface area contributed by atoms with Crippen molar-refractivity contribution in [2.75, 3.05) is 52.4 Å². The molecule has 2 atom stereocenters. The maximum atomic E-state index is 14.2. The Hall–Kier alpha value is -3.47. The number of fused-ring (bicyclic) bond motifs is 1. The van der Waals surface area contributed by atoms with E-state index in [1.54, 1.807) is 30.9 Å². The van der Waals surface area contributed by atoms with E-state index < -0.39 is 6.04 Å². The lowest BCUT2D eigenvalue weighted by Crippen LogP contribution is -2.61. The van der Waals surface area contributed by atoms with Gasteiger partial charge in [-0.25, -0.2) is 10.0 Å². The van der Waals surface area contributed by atoms with Crippen molar-refractivity contribution in [3.63, 3.8) is 0 Å². The molecular formula is C37H51ClN6O4. The van der Waals surface area contributed by atoms with Gasteiger partial charge in [-0.15, -0.1) is 0 Å². The molecule has 11 heteroatoms. The molecule has 0 aromatic heterocycles. The smallest absolute Gasteiger partial charge is 0.245 e. The van der Waals surface area contributed by atoms with Gasteiger partial charge in [0.25, 0.3) is 0 Å². The SMILES string of the molecule is CC(=O)N1CCC(N(CC(C)C)N2CCN(C(=O)C(Cc3ccc(Cl)cc3)NC(=O)CC3c4ccccc4CCN3C(C)=O)CC2)CC1. The predicted octanol–water partition coefficient (Wildman–Crippen LogP) is 3.93. The molecule has 10 nitrogen and oxygen atoms in total. The molecule has 0 saturated carbocycles. The van der Waals surface area contributed by atoms with Crippen LogP contribution in [-0.2, 0) is 32.0 Å². The molecule has 3 aliphatic rings. The zero-order valence-corrected chi connectivity index (χ0v) is 29.6. The van der Waals surface area contributed by atoms with Crippen molar-refractivity contribution in [2.24, 2.45) is 5.92 Å². The van der Waals surface area contributed by atoms with Crippen LogP contribution in [0.4, 0.5) is 0 Å². The van der Waals surface area contributed by atoms with E-state index in [1.807, 2.05) is 40.1 Å². The molecule has 260 valence electrons. The minimum atomic E-state index is -0.752. The molecule has 0 radical (unpaired) electrons. The normalized spacial score (nSPS) is 19.7. The fourth-order valence-corrected chi connectivity index (χ4v) is 7.60. The van der Waals surface area contributed by atoms with E-state index in [-0.39, 0.29) is 36.1 Å². The molecule has 3 heterocycles. The van der Waals surface area contributed by atoms with Gasteiger partial charge in [-0.3, -0.25) is 19.2 Å². The Morgan fingerprint density at radius 3 is 2.15 bits per heavy atom. The summed E-state index contributed by atoms with van der Waals surface area (Å²) in [6, 6.07) is 14.6. The molecule has 2 aromatic rings. The maximum absolute atomic E-state index is 14.2. The van der Waals surface area contributed by atoms with E-state index in [1.165, 1.54) is 0 Å². The van der Waals surface area contributed by atoms with Crippen molar-refractivity contribution in [1.82, 2.24) is 30.0 Å². The average Bonchev–Trinajstić information content (AvgIpc) is 3.07. The van der Waals surface area contributed by atoms with E-state index in [4.69, 9.17) is 11.6 Å². The molecule has 0 aliphatic carbocycles. The number of benzene rings is 2. The van der Waals surface area contributed by atoms with Gasteiger partial charge in [-0.05, 0) is 54.0 Å². The minimum absolute atomic E-state index is 0.0649. The van der Waals surface area contributed by atoms with Gasteiger partial charge >= 0.3 is 0 Å². The molecule has 2 unspecified atom stereocenters. The number of hydrogen-bond donors (Lipinski definition) is 1. The molecule has 3 aliphatic heterocycles. The van der Waals surface area contributed by atoms with Crippen molar-refractivity contribution in [3.05, 3.63) is 70.2 Å². The average molecular weight is 679 g/mol. The number of piperidine rings is 1. The molecule has 2 fully saturated rings. The van der Waals surface area contributed by atoms with Crippen LogP contribution < -0.4 is 5.32 Å². The Balaban J connectivity index is 1.27. The van der Waals surface area contributed by atoms with E-state index >= 15 is 0 Å². The number of rotatable bonds is 10. The van der Waals surface area contributed by atoms with Gasteiger partial charge in [-0.2, -0.15) is 0 Å². The number of carbonyl (C=O) groups excluding carboxylic acids is 4. The number of hydrogen-bond acceptors (Lipinski definition) is 6. The third-order valence-electron chi connectivity index (χ3n) is 10.00. The van der Waals surface area contributed by atoms with Crippen LogP contribution in [0.1, 0.15) is 69.7 Å². The summed E-state index contributed by atoms with van der Waals surface area (Å²) >= 11 is 6.15. The van der Waals surface area contributed by atoms with E-state index in [0.29, 0.717) is 56.1 Å². The number of likely N-dealkylation sites (tertiary alicyclic amines) is 1. The molecule has 0 bridgehead atoms. The number of nitrogens with one attached hydrogen (secondary N) is 1. The van der Waals surface area contributed by atoms with E-state index in [9.17, 15) is 19.2 Å². The second-order valence-corrected chi connectivity index (χ2v) is 14.3. The Bertz CT molecular complexity index is 1440. The Morgan fingerprint density at radius 2 is 1.52 bits per heavy atom. The monoisotopic (exact) mass is 678 g/mol. The Morgan fingerprint density at radius 1 is 0.854 bits per heavy atom. The first kappa shape index (κ1) is 35.8. The van der Waals surface area contributed by atoms with Crippen LogP contribution in [0.5, 0.6) is 0 Å². The second kappa shape index (κ2) is 16.3. The highest BCUT2D eigenvalue weighted by Gasteiger charge is 2.36. The third kappa shape index (κ3) is 8.95. The van der Waals surface area contributed by atoms with Gasteiger partial charge in [0.05, 0.1) is 12.5 Å². The number of piperazine rings is 1. The summed E-state index contributed by atoms with van der Waals surface area (Å²) in [6.45, 7) is 13.2. The number of halogens is 1. The number of carbonyl (C=O) groups is 4. The lowest BCUT2D eigenvalue weighted by atomic mass is 9.90. The van der Waals surface area contributed by atoms with Gasteiger partial charge in [0.15, 0.2) is 0 Å². The van der Waals surface area contributed by atoms with Crippen LogP contribution >= 0.6 is 11.6 Å². The van der Waals surface area contributed by atoms with Crippen molar-refractivity contribution >= 4 is 35.2 Å². The molecule has 0 spiro atoms. The molecule has 1 N–H and O–H groups in total. The first-order valence-corrected chi connectivity index (χ1v) is 17.8. The highest BCUT2D eigenvalue weighted by atomic mass is 35.5. The molecular weight excluding hydrogens is 628 g/mol. The molecule has 48 heavy (non-hydrogen) atoms. The van der Waals surface area contributed by atoms with Crippen molar-refractivity contribution in [1.29, 1.82) is 0 Å². The van der Waals surface area contributed by atoms with Crippen LogP contribution in [0.2, 0.25) is 5.02 Å². The quantitative estimate of drug-likeness (QED) is 0.409. The van der Waals surface area contributed by atoms with Gasteiger partial charge in [-0.1, -0.05) is 61.8 Å². The molecule has 2 saturated heterocycles. The zero-order valence-electron chi connectivity index (χ0n) is 28.9. The highest BCUT2D eigenvalue weighted by Crippen LogP contribution is 2.32. The fraction of sp³-hybridized carbons (Fsp3) is 0.568. The lowest BCUT2D eigenvalue weighted by Gasteiger charge is -2.47. The topological polar surface area (TPSA) is 96.5 Å². The Labute approximate surface area is 290 Å². The fourth-order valence-electron chi connectivity index (χ4n) is 7.48. The summed E-state index contributed by atoms with van der Waals surface area (Å²) in [4.78, 5) is 58.0. The molecule has 2 aromatic carbocycles. The second-order valence-electron chi connectivity index (χ2n) is 13.9. The zero-order chi connectivity index (χ0) is 34.4. The van der Waals surface area contributed by atoms with E-state index in [0.717, 1.165) is 55.6 Å². The maximum Gasteiger partial charge on any atom is 0.245 e. The Kier molecular flexibility index (Phi) is 12.2. The highest BCUT2D eigenvalue weighted by molar-refractivity contribution is 6.30. The summed E-state index contributed by atoms with van der Waals surface area (Å²) in [5.74, 6) is 0.190. The van der Waals surface area contributed by atoms with Crippen molar-refractivity contribution in [2.45, 2.75) is 77.9 Å². The first-order valence-electron chi connectivity index (χ1n) is 17.4.